The number of ether oxygens (including phenoxy) is 1. The molecule has 0 aliphatic carbocycles. The van der Waals surface area contributed by atoms with Crippen molar-refractivity contribution < 1.29 is 9.84 Å². The summed E-state index contributed by atoms with van der Waals surface area (Å²) in [5, 5.41) is 10.1. The average molecular weight is 222 g/mol. The van der Waals surface area contributed by atoms with E-state index in [2.05, 4.69) is 23.7 Å². The number of hydrogen-bond acceptors (Lipinski definition) is 4. The van der Waals surface area contributed by atoms with Gasteiger partial charge in [0.25, 0.3) is 0 Å². The first kappa shape index (κ1) is 11.4. The number of hydrogen-bond donors (Lipinski definition) is 1. The van der Waals surface area contributed by atoms with Crippen LogP contribution in [0, 0.1) is 6.92 Å². The number of rotatable bonds is 3. The Labute approximate surface area is 95.9 Å². The highest BCUT2D eigenvalue weighted by molar-refractivity contribution is 5.43. The minimum Gasteiger partial charge on any atom is -0.506 e. The van der Waals surface area contributed by atoms with Gasteiger partial charge in [0.1, 0.15) is 12.0 Å². The van der Waals surface area contributed by atoms with Crippen molar-refractivity contribution in [2.45, 2.75) is 33.6 Å². The molecule has 1 atom stereocenters. The van der Waals surface area contributed by atoms with Crippen molar-refractivity contribution in [3.8, 4) is 5.75 Å². The lowest BCUT2D eigenvalue weighted by Crippen LogP contribution is -2.28. The molecule has 0 aromatic carbocycles. The molecule has 88 valence electrons. The quantitative estimate of drug-likeness (QED) is 0.849. The second-order valence-electron chi connectivity index (χ2n) is 4.02. The molecule has 0 radical (unpaired) electrons. The fourth-order valence-corrected chi connectivity index (χ4v) is 2.14. The molecule has 0 spiro atoms. The molecule has 1 aromatic rings. The molecular weight excluding hydrogens is 204 g/mol. The van der Waals surface area contributed by atoms with Gasteiger partial charge in [-0.15, -0.1) is 0 Å². The third-order valence-electron chi connectivity index (χ3n) is 3.15. The van der Waals surface area contributed by atoms with E-state index in [1.54, 1.807) is 6.20 Å². The van der Waals surface area contributed by atoms with Crippen LogP contribution in [0.5, 0.6) is 5.75 Å². The van der Waals surface area contributed by atoms with Gasteiger partial charge in [0.05, 0.1) is 12.3 Å². The highest BCUT2D eigenvalue weighted by atomic mass is 16.5. The number of nitrogens with zero attached hydrogens (tertiary/aromatic N) is 2. The molecule has 0 saturated heterocycles. The molecule has 1 aromatic heterocycles. The lowest BCUT2D eigenvalue weighted by molar-refractivity contribution is -0.0482. The largest absolute Gasteiger partial charge is 0.506 e. The van der Waals surface area contributed by atoms with Crippen LogP contribution in [0.4, 0.5) is 0 Å². The van der Waals surface area contributed by atoms with E-state index in [9.17, 15) is 5.11 Å². The maximum absolute atomic E-state index is 10.1. The van der Waals surface area contributed by atoms with E-state index in [1.165, 1.54) is 0 Å². The Morgan fingerprint density at radius 3 is 2.81 bits per heavy atom. The third kappa shape index (κ3) is 1.68. The van der Waals surface area contributed by atoms with Crippen molar-refractivity contribution in [1.82, 2.24) is 9.88 Å². The summed E-state index contributed by atoms with van der Waals surface area (Å²) < 4.78 is 5.73. The van der Waals surface area contributed by atoms with Gasteiger partial charge in [0.2, 0.25) is 0 Å². The van der Waals surface area contributed by atoms with Crippen LogP contribution in [0.1, 0.15) is 36.9 Å². The van der Waals surface area contributed by atoms with Crippen molar-refractivity contribution in [2.75, 3.05) is 13.1 Å². The summed E-state index contributed by atoms with van der Waals surface area (Å²) in [4.78, 5) is 6.33. The van der Waals surface area contributed by atoms with Gasteiger partial charge in [-0.05, 0) is 20.0 Å². The number of aromatic hydroxyl groups is 1. The topological polar surface area (TPSA) is 45.6 Å². The molecule has 2 rings (SSSR count). The van der Waals surface area contributed by atoms with Gasteiger partial charge in [-0.1, -0.05) is 13.8 Å². The van der Waals surface area contributed by atoms with Crippen LogP contribution in [0.25, 0.3) is 0 Å². The summed E-state index contributed by atoms with van der Waals surface area (Å²) in [5.74, 6) is 0.284. The third-order valence-corrected chi connectivity index (χ3v) is 3.15. The van der Waals surface area contributed by atoms with Crippen LogP contribution in [-0.4, -0.2) is 28.1 Å². The van der Waals surface area contributed by atoms with E-state index >= 15 is 0 Å². The van der Waals surface area contributed by atoms with Crippen molar-refractivity contribution >= 4 is 0 Å². The Morgan fingerprint density at radius 2 is 2.19 bits per heavy atom. The summed E-state index contributed by atoms with van der Waals surface area (Å²) in [5.41, 5.74) is 2.57. The van der Waals surface area contributed by atoms with Gasteiger partial charge in [-0.25, -0.2) is 0 Å². The van der Waals surface area contributed by atoms with Gasteiger partial charge in [-0.3, -0.25) is 9.88 Å². The lowest BCUT2D eigenvalue weighted by atomic mass is 10.1. The molecule has 0 amide bonds. The fraction of sp³-hybridized carbons (Fsp3) is 0.583. The molecule has 16 heavy (non-hydrogen) atoms. The van der Waals surface area contributed by atoms with Gasteiger partial charge in [-0.2, -0.15) is 0 Å². The summed E-state index contributed by atoms with van der Waals surface area (Å²) in [6.45, 7) is 8.35. The Kier molecular flexibility index (Phi) is 3.12. The first-order chi connectivity index (χ1) is 7.69. The zero-order valence-electron chi connectivity index (χ0n) is 10.0. The Bertz CT molecular complexity index is 389. The molecular formula is C12H18N2O2. The summed E-state index contributed by atoms with van der Waals surface area (Å²) >= 11 is 0. The predicted octanol–water partition coefficient (Wildman–Crippen LogP) is 1.97. The van der Waals surface area contributed by atoms with E-state index in [0.717, 1.165) is 24.2 Å². The highest BCUT2D eigenvalue weighted by Crippen LogP contribution is 2.39. The van der Waals surface area contributed by atoms with Gasteiger partial charge in [0.15, 0.2) is 0 Å². The monoisotopic (exact) mass is 222 g/mol. The number of fused-ring (bicyclic) bond motifs is 1. The van der Waals surface area contributed by atoms with Gasteiger partial charge < -0.3 is 9.84 Å². The number of aromatic nitrogens is 1. The fourth-order valence-electron chi connectivity index (χ4n) is 2.14. The van der Waals surface area contributed by atoms with Crippen LogP contribution in [0.15, 0.2) is 6.20 Å². The Balaban J connectivity index is 2.41. The molecule has 1 aliphatic rings. The Hall–Kier alpha value is -1.13. The second-order valence-corrected chi connectivity index (χ2v) is 4.02. The van der Waals surface area contributed by atoms with E-state index in [0.29, 0.717) is 12.3 Å². The van der Waals surface area contributed by atoms with E-state index < -0.39 is 0 Å². The van der Waals surface area contributed by atoms with Crippen LogP contribution >= 0.6 is 0 Å². The first-order valence-electron chi connectivity index (χ1n) is 5.72. The normalized spacial score (nSPS) is 19.1. The molecule has 4 nitrogen and oxygen atoms in total. The minimum atomic E-state index is -0.119. The zero-order valence-corrected chi connectivity index (χ0v) is 10.0. The van der Waals surface area contributed by atoms with E-state index in [1.807, 2.05) is 6.92 Å². The molecule has 4 heteroatoms. The lowest BCUT2D eigenvalue weighted by Gasteiger charge is -2.26. The molecule has 0 saturated carbocycles. The van der Waals surface area contributed by atoms with Crippen LogP contribution < -0.4 is 0 Å². The maximum Gasteiger partial charge on any atom is 0.144 e. The SMILES string of the molecule is CCN(CC)C1OCc2cnc(C)c(O)c21. The van der Waals surface area contributed by atoms with Crippen molar-refractivity contribution in [3.05, 3.63) is 23.0 Å². The van der Waals surface area contributed by atoms with Crippen molar-refractivity contribution in [3.63, 3.8) is 0 Å². The first-order valence-corrected chi connectivity index (χ1v) is 5.72. The number of pyridine rings is 1. The predicted molar refractivity (Wildman–Crippen MR) is 61.1 cm³/mol. The van der Waals surface area contributed by atoms with Crippen molar-refractivity contribution in [1.29, 1.82) is 0 Å². The average Bonchev–Trinajstić information content (AvgIpc) is 2.70. The summed E-state index contributed by atoms with van der Waals surface area (Å²) in [6.07, 6.45) is 1.68. The second kappa shape index (κ2) is 4.39. The van der Waals surface area contributed by atoms with E-state index in [-0.39, 0.29) is 12.0 Å². The zero-order chi connectivity index (χ0) is 11.7. The van der Waals surface area contributed by atoms with Gasteiger partial charge >= 0.3 is 0 Å². The molecule has 2 heterocycles. The van der Waals surface area contributed by atoms with Gasteiger partial charge in [0, 0.05) is 17.3 Å². The number of aryl methyl sites for hydroxylation is 1. The molecule has 0 fully saturated rings. The molecule has 0 bridgehead atoms. The molecule has 1 unspecified atom stereocenters. The molecule has 1 aliphatic heterocycles. The Morgan fingerprint density at radius 1 is 1.50 bits per heavy atom. The standard InChI is InChI=1S/C12H18N2O2/c1-4-14(5-2)12-10-9(7-16-12)6-13-8(3)11(10)15/h6,12,15H,4-5,7H2,1-3H3. The summed E-state index contributed by atoms with van der Waals surface area (Å²) in [6, 6.07) is 0. The van der Waals surface area contributed by atoms with Crippen molar-refractivity contribution in [2.24, 2.45) is 0 Å². The van der Waals surface area contributed by atoms with E-state index in [4.69, 9.17) is 4.74 Å². The smallest absolute Gasteiger partial charge is 0.144 e. The molecule has 1 N–H and O–H groups in total. The highest BCUT2D eigenvalue weighted by Gasteiger charge is 2.31. The maximum atomic E-state index is 10.1. The van der Waals surface area contributed by atoms with Crippen LogP contribution in [0.3, 0.4) is 0 Å². The minimum absolute atomic E-state index is 0.119. The van der Waals surface area contributed by atoms with Crippen LogP contribution in [0.2, 0.25) is 0 Å². The summed E-state index contributed by atoms with van der Waals surface area (Å²) in [7, 11) is 0. The van der Waals surface area contributed by atoms with Crippen LogP contribution in [-0.2, 0) is 11.3 Å².